The summed E-state index contributed by atoms with van der Waals surface area (Å²) in [4.78, 5) is 23.4. The molecule has 0 spiro atoms. The number of nitrogens with zero attached hydrogens (tertiary/aromatic N) is 4. The van der Waals surface area contributed by atoms with Crippen LogP contribution in [0.5, 0.6) is 0 Å². The molecule has 0 radical (unpaired) electrons. The molecule has 0 bridgehead atoms. The van der Waals surface area contributed by atoms with Crippen LogP contribution >= 0.6 is 11.3 Å². The van der Waals surface area contributed by atoms with Gasteiger partial charge in [0.1, 0.15) is 12.4 Å². The lowest BCUT2D eigenvalue weighted by atomic mass is 10.2. The van der Waals surface area contributed by atoms with E-state index in [2.05, 4.69) is 21.3 Å². The first kappa shape index (κ1) is 20.1. The molecule has 8 heteroatoms. The summed E-state index contributed by atoms with van der Waals surface area (Å²) in [5.41, 5.74) is 0.634. The second-order valence-corrected chi connectivity index (χ2v) is 7.82. The molecule has 28 heavy (non-hydrogen) atoms. The Kier molecular flexibility index (Phi) is 6.86. The van der Waals surface area contributed by atoms with Crippen molar-refractivity contribution in [1.82, 2.24) is 15.1 Å². The van der Waals surface area contributed by atoms with Gasteiger partial charge in [-0.25, -0.2) is 9.38 Å². The number of rotatable bonds is 5. The second kappa shape index (κ2) is 9.54. The molecule has 1 aliphatic rings. The number of carbonyl (C=O) groups excluding carboxylic acids is 1. The fraction of sp³-hybridized carbons (Fsp3) is 0.400. The summed E-state index contributed by atoms with van der Waals surface area (Å²) >= 11 is 1.68. The Bertz CT molecular complexity index is 801. The molecule has 1 saturated heterocycles. The van der Waals surface area contributed by atoms with E-state index < -0.39 is 0 Å². The summed E-state index contributed by atoms with van der Waals surface area (Å²) < 4.78 is 14.1. The molecule has 1 aromatic heterocycles. The molecule has 1 aliphatic heterocycles. The lowest BCUT2D eigenvalue weighted by molar-refractivity contribution is -0.127. The largest absolute Gasteiger partial charge is 0.366 e. The van der Waals surface area contributed by atoms with Crippen molar-refractivity contribution in [1.29, 1.82) is 0 Å². The van der Waals surface area contributed by atoms with Gasteiger partial charge in [-0.2, -0.15) is 0 Å². The number of thiophene rings is 1. The topological polar surface area (TPSA) is 51.2 Å². The van der Waals surface area contributed by atoms with Gasteiger partial charge in [0.25, 0.3) is 0 Å². The van der Waals surface area contributed by atoms with E-state index in [-0.39, 0.29) is 18.3 Å². The number of nitrogens with one attached hydrogen (secondary N) is 1. The minimum Gasteiger partial charge on any atom is -0.366 e. The van der Waals surface area contributed by atoms with Crippen molar-refractivity contribution >= 4 is 28.9 Å². The summed E-state index contributed by atoms with van der Waals surface area (Å²) in [5, 5.41) is 5.41. The third kappa shape index (κ3) is 5.22. The molecule has 3 rings (SSSR count). The summed E-state index contributed by atoms with van der Waals surface area (Å²) in [6.07, 6.45) is 0. The van der Waals surface area contributed by atoms with Crippen LogP contribution in [0.4, 0.5) is 10.1 Å². The Morgan fingerprint density at radius 2 is 1.93 bits per heavy atom. The van der Waals surface area contributed by atoms with E-state index in [0.717, 1.165) is 5.96 Å². The number of anilines is 1. The second-order valence-electron chi connectivity index (χ2n) is 6.79. The van der Waals surface area contributed by atoms with Crippen molar-refractivity contribution in [2.45, 2.75) is 6.54 Å². The first-order valence-corrected chi connectivity index (χ1v) is 10.2. The van der Waals surface area contributed by atoms with Crippen molar-refractivity contribution in [3.63, 3.8) is 0 Å². The Labute approximate surface area is 169 Å². The number of likely N-dealkylation sites (N-methyl/N-ethyl adjacent to an activating group) is 1. The van der Waals surface area contributed by atoms with E-state index in [4.69, 9.17) is 0 Å². The number of aliphatic imine (C=N–C) groups is 1. The summed E-state index contributed by atoms with van der Waals surface area (Å²) in [6.45, 7) is 3.58. The van der Waals surface area contributed by atoms with E-state index in [0.29, 0.717) is 38.4 Å². The van der Waals surface area contributed by atoms with E-state index >= 15 is 0 Å². The van der Waals surface area contributed by atoms with Crippen LogP contribution in [0.1, 0.15) is 4.88 Å². The van der Waals surface area contributed by atoms with E-state index in [1.165, 1.54) is 15.8 Å². The van der Waals surface area contributed by atoms with Crippen LogP contribution in [0.3, 0.4) is 0 Å². The molecule has 1 amide bonds. The minimum absolute atomic E-state index is 0.0413. The number of para-hydroxylation sites is 1. The normalized spacial score (nSPS) is 14.9. The molecule has 1 N–H and O–H groups in total. The number of benzene rings is 1. The van der Waals surface area contributed by atoms with Gasteiger partial charge in [0.15, 0.2) is 5.96 Å². The molecule has 0 unspecified atom stereocenters. The highest BCUT2D eigenvalue weighted by molar-refractivity contribution is 7.09. The van der Waals surface area contributed by atoms with E-state index in [9.17, 15) is 9.18 Å². The van der Waals surface area contributed by atoms with Crippen LogP contribution in [-0.4, -0.2) is 68.5 Å². The van der Waals surface area contributed by atoms with Crippen molar-refractivity contribution < 1.29 is 9.18 Å². The molecular formula is C20H26FN5OS. The molecule has 0 atom stereocenters. The third-order valence-electron chi connectivity index (χ3n) is 4.64. The standard InChI is InChI=1S/C20H26FN5OS/c1-24(2)19(27)15-23-20(22-14-16-6-5-13-28-16)26-11-9-25(10-12-26)18-8-4-3-7-17(18)21/h3-8,13H,9-12,14-15H2,1-2H3,(H,22,23). The van der Waals surface area contributed by atoms with Crippen LogP contribution < -0.4 is 10.2 Å². The van der Waals surface area contributed by atoms with Crippen LogP contribution in [0.25, 0.3) is 0 Å². The van der Waals surface area contributed by atoms with Crippen molar-refractivity contribution in [2.75, 3.05) is 51.7 Å². The van der Waals surface area contributed by atoms with Gasteiger partial charge in [-0.15, -0.1) is 11.3 Å². The molecular weight excluding hydrogens is 377 g/mol. The molecule has 0 aliphatic carbocycles. The zero-order valence-electron chi connectivity index (χ0n) is 16.3. The number of carbonyl (C=O) groups is 1. The number of hydrogen-bond donors (Lipinski definition) is 1. The molecule has 1 aromatic carbocycles. The maximum absolute atomic E-state index is 14.1. The van der Waals surface area contributed by atoms with E-state index in [1.54, 1.807) is 31.5 Å². The Morgan fingerprint density at radius 3 is 2.57 bits per heavy atom. The summed E-state index contributed by atoms with van der Waals surface area (Å²) in [6, 6.07) is 10.9. The first-order valence-electron chi connectivity index (χ1n) is 9.30. The SMILES string of the molecule is CN(C)C(=O)CN=C(NCc1cccs1)N1CCN(c2ccccc2F)CC1. The molecule has 0 saturated carbocycles. The monoisotopic (exact) mass is 403 g/mol. The van der Waals surface area contributed by atoms with Gasteiger partial charge < -0.3 is 20.0 Å². The van der Waals surface area contributed by atoms with Crippen molar-refractivity contribution in [3.8, 4) is 0 Å². The summed E-state index contributed by atoms with van der Waals surface area (Å²) in [5.74, 6) is 0.481. The third-order valence-corrected chi connectivity index (χ3v) is 5.51. The highest BCUT2D eigenvalue weighted by Gasteiger charge is 2.22. The minimum atomic E-state index is -0.197. The van der Waals surface area contributed by atoms with E-state index in [1.807, 2.05) is 28.5 Å². The lowest BCUT2D eigenvalue weighted by Gasteiger charge is -2.37. The van der Waals surface area contributed by atoms with Gasteiger partial charge >= 0.3 is 0 Å². The van der Waals surface area contributed by atoms with Crippen LogP contribution in [0.15, 0.2) is 46.8 Å². The van der Waals surface area contributed by atoms with Gasteiger partial charge in [-0.3, -0.25) is 4.79 Å². The molecule has 2 heterocycles. The zero-order chi connectivity index (χ0) is 19.9. The highest BCUT2D eigenvalue weighted by Crippen LogP contribution is 2.20. The van der Waals surface area contributed by atoms with Gasteiger partial charge in [0.05, 0.1) is 12.2 Å². The molecule has 1 fully saturated rings. The number of hydrogen-bond acceptors (Lipinski definition) is 4. The van der Waals surface area contributed by atoms with Gasteiger partial charge in [-0.05, 0) is 23.6 Å². The van der Waals surface area contributed by atoms with Crippen molar-refractivity contribution in [2.24, 2.45) is 4.99 Å². The molecule has 2 aromatic rings. The quantitative estimate of drug-likeness (QED) is 0.615. The maximum Gasteiger partial charge on any atom is 0.243 e. The maximum atomic E-state index is 14.1. The summed E-state index contributed by atoms with van der Waals surface area (Å²) in [7, 11) is 3.45. The number of guanidine groups is 1. The lowest BCUT2D eigenvalue weighted by Crippen LogP contribution is -2.52. The smallest absolute Gasteiger partial charge is 0.243 e. The van der Waals surface area contributed by atoms with Gasteiger partial charge in [-0.1, -0.05) is 18.2 Å². The highest BCUT2D eigenvalue weighted by atomic mass is 32.1. The predicted molar refractivity (Wildman–Crippen MR) is 112 cm³/mol. The fourth-order valence-corrected chi connectivity index (χ4v) is 3.64. The average molecular weight is 404 g/mol. The van der Waals surface area contributed by atoms with Crippen LogP contribution in [0.2, 0.25) is 0 Å². The van der Waals surface area contributed by atoms with Crippen molar-refractivity contribution in [3.05, 3.63) is 52.5 Å². The number of amides is 1. The Balaban J connectivity index is 1.65. The van der Waals surface area contributed by atoms with Crippen LogP contribution in [-0.2, 0) is 11.3 Å². The zero-order valence-corrected chi connectivity index (χ0v) is 17.1. The molecule has 6 nitrogen and oxygen atoms in total. The fourth-order valence-electron chi connectivity index (χ4n) is 3.00. The number of halogens is 1. The first-order chi connectivity index (χ1) is 13.5. The van der Waals surface area contributed by atoms with Crippen LogP contribution in [0, 0.1) is 5.82 Å². The predicted octanol–water partition coefficient (Wildman–Crippen LogP) is 2.24. The van der Waals surface area contributed by atoms with Gasteiger partial charge in [0, 0.05) is 45.2 Å². The number of piperazine rings is 1. The molecule has 150 valence electrons. The average Bonchev–Trinajstić information content (AvgIpc) is 3.22. The Morgan fingerprint density at radius 1 is 1.18 bits per heavy atom. The Hall–Kier alpha value is -2.61. The van der Waals surface area contributed by atoms with Gasteiger partial charge in [0.2, 0.25) is 5.91 Å².